The molecule has 1 aliphatic rings. The summed E-state index contributed by atoms with van der Waals surface area (Å²) in [5.41, 5.74) is 1.20. The number of benzene rings is 2. The van der Waals surface area contributed by atoms with E-state index in [4.69, 9.17) is 0 Å². The van der Waals surface area contributed by atoms with E-state index in [0.717, 1.165) is 17.7 Å². The summed E-state index contributed by atoms with van der Waals surface area (Å²) in [5.74, 6) is 0. The van der Waals surface area contributed by atoms with E-state index < -0.39 is 23.9 Å². The first kappa shape index (κ1) is 17.1. The number of hydrogen-bond acceptors (Lipinski definition) is 3. The van der Waals surface area contributed by atoms with Crippen LogP contribution < -0.4 is 10.6 Å². The van der Waals surface area contributed by atoms with Gasteiger partial charge in [0, 0.05) is 5.69 Å². The summed E-state index contributed by atoms with van der Waals surface area (Å²) in [4.78, 5) is 11.6. The van der Waals surface area contributed by atoms with Crippen LogP contribution in [-0.2, 0) is 10.9 Å². The van der Waals surface area contributed by atoms with Gasteiger partial charge in [0.15, 0.2) is 0 Å². The first-order valence-corrected chi connectivity index (χ1v) is 7.75. The second-order valence-electron chi connectivity index (χ2n) is 5.83. The van der Waals surface area contributed by atoms with Gasteiger partial charge >= 0.3 is 12.3 Å². The molecule has 2 atom stereocenters. The standard InChI is InChI=1S/C18H17F3N2O2/c1-25-17(24)23-16-10-15(11-5-3-2-4-6-11)22-14-8-7-12(9-13(14)16)18(19,20)21/h2-9,15-16,22H,10H2,1H3,(H,23,24)/t15-,16-/m0/s1. The normalized spacial score (nSPS) is 19.5. The van der Waals surface area contributed by atoms with Crippen LogP contribution in [0.15, 0.2) is 48.5 Å². The molecule has 132 valence electrons. The first-order chi connectivity index (χ1) is 11.9. The molecule has 7 heteroatoms. The highest BCUT2D eigenvalue weighted by Gasteiger charge is 2.34. The number of halogens is 3. The Hall–Kier alpha value is -2.70. The van der Waals surface area contributed by atoms with E-state index in [-0.39, 0.29) is 6.04 Å². The van der Waals surface area contributed by atoms with Crippen molar-refractivity contribution in [3.63, 3.8) is 0 Å². The van der Waals surface area contributed by atoms with Crippen molar-refractivity contribution in [1.29, 1.82) is 0 Å². The monoisotopic (exact) mass is 350 g/mol. The van der Waals surface area contributed by atoms with E-state index in [1.54, 1.807) is 0 Å². The van der Waals surface area contributed by atoms with Gasteiger partial charge in [-0.1, -0.05) is 30.3 Å². The number of alkyl halides is 3. The predicted molar refractivity (Wildman–Crippen MR) is 87.1 cm³/mol. The largest absolute Gasteiger partial charge is 0.453 e. The lowest BCUT2D eigenvalue weighted by Gasteiger charge is -2.34. The number of anilines is 1. The third-order valence-corrected chi connectivity index (χ3v) is 4.23. The summed E-state index contributed by atoms with van der Waals surface area (Å²) in [7, 11) is 1.22. The van der Waals surface area contributed by atoms with Crippen LogP contribution in [0.4, 0.5) is 23.7 Å². The molecule has 0 radical (unpaired) electrons. The molecule has 0 saturated carbocycles. The molecule has 2 aromatic rings. The van der Waals surface area contributed by atoms with E-state index in [9.17, 15) is 18.0 Å². The Morgan fingerprint density at radius 1 is 1.20 bits per heavy atom. The maximum atomic E-state index is 13.0. The molecule has 1 heterocycles. The van der Waals surface area contributed by atoms with Crippen LogP contribution in [0, 0.1) is 0 Å². The van der Waals surface area contributed by atoms with Crippen molar-refractivity contribution in [2.45, 2.75) is 24.7 Å². The van der Waals surface area contributed by atoms with E-state index in [0.29, 0.717) is 17.7 Å². The van der Waals surface area contributed by atoms with Crippen molar-refractivity contribution in [3.05, 3.63) is 65.2 Å². The molecule has 0 unspecified atom stereocenters. The van der Waals surface area contributed by atoms with Crippen LogP contribution in [0.5, 0.6) is 0 Å². The lowest BCUT2D eigenvalue weighted by Crippen LogP contribution is -2.34. The minimum atomic E-state index is -4.44. The van der Waals surface area contributed by atoms with E-state index in [1.807, 2.05) is 30.3 Å². The van der Waals surface area contributed by atoms with Gasteiger partial charge in [0.25, 0.3) is 0 Å². The number of alkyl carbamates (subject to hydrolysis) is 1. The zero-order valence-corrected chi connectivity index (χ0v) is 13.4. The van der Waals surface area contributed by atoms with Gasteiger partial charge in [-0.3, -0.25) is 0 Å². The number of amides is 1. The molecule has 0 saturated heterocycles. The van der Waals surface area contributed by atoms with Gasteiger partial charge < -0.3 is 15.4 Å². The number of carbonyl (C=O) groups is 1. The van der Waals surface area contributed by atoms with Crippen LogP contribution in [0.25, 0.3) is 0 Å². The minimum absolute atomic E-state index is 0.132. The zero-order valence-electron chi connectivity index (χ0n) is 13.4. The van der Waals surface area contributed by atoms with Crippen LogP contribution in [-0.4, -0.2) is 13.2 Å². The van der Waals surface area contributed by atoms with E-state index >= 15 is 0 Å². The molecule has 1 amide bonds. The molecule has 4 nitrogen and oxygen atoms in total. The SMILES string of the molecule is COC(=O)N[C@H]1C[C@@H](c2ccccc2)Nc2ccc(C(F)(F)F)cc21. The summed E-state index contributed by atoms with van der Waals surface area (Å²) >= 11 is 0. The molecule has 25 heavy (non-hydrogen) atoms. The summed E-state index contributed by atoms with van der Waals surface area (Å²) in [6.07, 6.45) is -4.71. The van der Waals surface area contributed by atoms with Gasteiger partial charge in [0.1, 0.15) is 0 Å². The molecule has 1 aliphatic heterocycles. The Kier molecular flexibility index (Phi) is 4.57. The topological polar surface area (TPSA) is 50.4 Å². The van der Waals surface area contributed by atoms with Crippen LogP contribution in [0.3, 0.4) is 0 Å². The van der Waals surface area contributed by atoms with Gasteiger partial charge in [0.2, 0.25) is 0 Å². The highest BCUT2D eigenvalue weighted by Crippen LogP contribution is 2.41. The van der Waals surface area contributed by atoms with Crippen molar-refractivity contribution < 1.29 is 22.7 Å². The van der Waals surface area contributed by atoms with Crippen LogP contribution >= 0.6 is 0 Å². The molecule has 2 aromatic carbocycles. The van der Waals surface area contributed by atoms with Crippen molar-refractivity contribution in [1.82, 2.24) is 5.32 Å². The average molecular weight is 350 g/mol. The fraction of sp³-hybridized carbons (Fsp3) is 0.278. The second kappa shape index (κ2) is 6.66. The molecule has 0 aromatic heterocycles. The molecule has 3 rings (SSSR count). The Bertz CT molecular complexity index is 763. The quantitative estimate of drug-likeness (QED) is 0.828. The Morgan fingerprint density at radius 2 is 1.92 bits per heavy atom. The van der Waals surface area contributed by atoms with Crippen molar-refractivity contribution in [2.24, 2.45) is 0 Å². The van der Waals surface area contributed by atoms with Crippen molar-refractivity contribution >= 4 is 11.8 Å². The number of methoxy groups -OCH3 is 1. The van der Waals surface area contributed by atoms with E-state index in [1.165, 1.54) is 13.2 Å². The number of hydrogen-bond donors (Lipinski definition) is 2. The number of nitrogens with one attached hydrogen (secondary N) is 2. The van der Waals surface area contributed by atoms with Gasteiger partial charge in [-0.15, -0.1) is 0 Å². The van der Waals surface area contributed by atoms with Crippen LogP contribution in [0.1, 0.15) is 35.2 Å². The number of carbonyl (C=O) groups excluding carboxylic acids is 1. The highest BCUT2D eigenvalue weighted by molar-refractivity contribution is 5.69. The average Bonchev–Trinajstić information content (AvgIpc) is 2.61. The highest BCUT2D eigenvalue weighted by atomic mass is 19.4. The maximum Gasteiger partial charge on any atom is 0.416 e. The maximum absolute atomic E-state index is 13.0. The Balaban J connectivity index is 1.98. The predicted octanol–water partition coefficient (Wildman–Crippen LogP) is 4.66. The fourth-order valence-electron chi connectivity index (χ4n) is 3.01. The molecule has 0 bridgehead atoms. The van der Waals surface area contributed by atoms with E-state index in [2.05, 4.69) is 15.4 Å². The van der Waals surface area contributed by atoms with Gasteiger partial charge in [-0.2, -0.15) is 13.2 Å². The van der Waals surface area contributed by atoms with Gasteiger partial charge in [-0.25, -0.2) is 4.79 Å². The molecular weight excluding hydrogens is 333 g/mol. The Morgan fingerprint density at radius 3 is 2.56 bits per heavy atom. The lowest BCUT2D eigenvalue weighted by atomic mass is 9.88. The summed E-state index contributed by atoms with van der Waals surface area (Å²) in [5, 5.41) is 5.89. The minimum Gasteiger partial charge on any atom is -0.453 e. The second-order valence-corrected chi connectivity index (χ2v) is 5.83. The summed E-state index contributed by atoms with van der Waals surface area (Å²) in [6.45, 7) is 0. The summed E-state index contributed by atoms with van der Waals surface area (Å²) < 4.78 is 43.7. The van der Waals surface area contributed by atoms with Gasteiger partial charge in [0.05, 0.1) is 24.8 Å². The molecule has 2 N–H and O–H groups in total. The molecule has 0 spiro atoms. The van der Waals surface area contributed by atoms with Crippen LogP contribution in [0.2, 0.25) is 0 Å². The fourth-order valence-corrected chi connectivity index (χ4v) is 3.01. The Labute approximate surface area is 143 Å². The number of rotatable bonds is 2. The number of ether oxygens (including phenoxy) is 1. The molecule has 0 aliphatic carbocycles. The third kappa shape index (κ3) is 3.70. The number of fused-ring (bicyclic) bond motifs is 1. The smallest absolute Gasteiger partial charge is 0.416 e. The third-order valence-electron chi connectivity index (χ3n) is 4.23. The first-order valence-electron chi connectivity index (χ1n) is 7.75. The van der Waals surface area contributed by atoms with Gasteiger partial charge in [-0.05, 0) is 35.7 Å². The molecular formula is C18H17F3N2O2. The lowest BCUT2D eigenvalue weighted by molar-refractivity contribution is -0.137. The summed E-state index contributed by atoms with van der Waals surface area (Å²) in [6, 6.07) is 12.3. The molecule has 0 fully saturated rings. The zero-order chi connectivity index (χ0) is 18.0. The van der Waals surface area contributed by atoms with Crippen molar-refractivity contribution in [2.75, 3.05) is 12.4 Å². The van der Waals surface area contributed by atoms with Crippen molar-refractivity contribution in [3.8, 4) is 0 Å².